The molecule has 4 aromatic carbocycles. The van der Waals surface area contributed by atoms with Crippen molar-refractivity contribution < 1.29 is 13.2 Å². The third-order valence-corrected chi connectivity index (χ3v) is 6.05. The molecule has 0 aliphatic heterocycles. The Morgan fingerprint density at radius 3 is 1.97 bits per heavy atom. The summed E-state index contributed by atoms with van der Waals surface area (Å²) in [4.78, 5) is 0. The van der Waals surface area contributed by atoms with Gasteiger partial charge in [-0.3, -0.25) is 0 Å². The van der Waals surface area contributed by atoms with Gasteiger partial charge in [0, 0.05) is 11.1 Å². The first kappa shape index (κ1) is 23.6. The van der Waals surface area contributed by atoms with E-state index in [1.807, 2.05) is 61.5 Å². The molecule has 0 fully saturated rings. The highest BCUT2D eigenvalue weighted by atomic mass is 19.2. The number of hydrogen-bond donors (Lipinski definition) is 0. The number of benzene rings is 4. The fourth-order valence-corrected chi connectivity index (χ4v) is 4.04. The first-order chi connectivity index (χ1) is 16.5. The molecule has 0 N–H and O–H groups in total. The van der Waals surface area contributed by atoms with Gasteiger partial charge in [-0.2, -0.15) is 0 Å². The Balaban J connectivity index is 1.52. The van der Waals surface area contributed by atoms with Crippen molar-refractivity contribution in [2.45, 2.75) is 33.1 Å². The van der Waals surface area contributed by atoms with Gasteiger partial charge in [0.05, 0.1) is 0 Å². The zero-order valence-corrected chi connectivity index (χ0v) is 19.4. The van der Waals surface area contributed by atoms with Crippen LogP contribution in [-0.2, 0) is 12.8 Å². The lowest BCUT2D eigenvalue weighted by Crippen LogP contribution is -1.94. The van der Waals surface area contributed by atoms with E-state index in [1.54, 1.807) is 36.4 Å². The second-order valence-electron chi connectivity index (χ2n) is 8.39. The summed E-state index contributed by atoms with van der Waals surface area (Å²) >= 11 is 0. The molecule has 0 atom stereocenters. The molecule has 0 aromatic heterocycles. The summed E-state index contributed by atoms with van der Waals surface area (Å²) < 4.78 is 43.7. The maximum Gasteiger partial charge on any atom is 0.167 e. The third kappa shape index (κ3) is 5.14. The third-order valence-electron chi connectivity index (χ3n) is 6.05. The minimum absolute atomic E-state index is 0.185. The molecular formula is C31H27F3. The van der Waals surface area contributed by atoms with Crippen LogP contribution in [0.3, 0.4) is 0 Å². The first-order valence-corrected chi connectivity index (χ1v) is 11.6. The van der Waals surface area contributed by atoms with Crippen LogP contribution in [0.2, 0.25) is 0 Å². The van der Waals surface area contributed by atoms with E-state index in [-0.39, 0.29) is 16.9 Å². The Kier molecular flexibility index (Phi) is 7.32. The van der Waals surface area contributed by atoms with Crippen LogP contribution in [0.1, 0.15) is 42.5 Å². The van der Waals surface area contributed by atoms with Gasteiger partial charge in [-0.05, 0) is 52.3 Å². The lowest BCUT2D eigenvalue weighted by molar-refractivity contribution is 0.509. The highest BCUT2D eigenvalue weighted by molar-refractivity contribution is 5.74. The molecule has 0 amide bonds. The van der Waals surface area contributed by atoms with Crippen LogP contribution in [-0.4, -0.2) is 0 Å². The lowest BCUT2D eigenvalue weighted by Gasteiger charge is -2.08. The predicted octanol–water partition coefficient (Wildman–Crippen LogP) is 9.12. The van der Waals surface area contributed by atoms with Crippen molar-refractivity contribution in [2.24, 2.45) is 0 Å². The average molecular weight is 457 g/mol. The van der Waals surface area contributed by atoms with E-state index in [1.165, 1.54) is 5.56 Å². The number of hydrogen-bond acceptors (Lipinski definition) is 0. The van der Waals surface area contributed by atoms with Gasteiger partial charge in [-0.25, -0.2) is 13.2 Å². The highest BCUT2D eigenvalue weighted by Gasteiger charge is 2.13. The largest absolute Gasteiger partial charge is 0.207 e. The van der Waals surface area contributed by atoms with E-state index >= 15 is 0 Å². The molecule has 0 radical (unpaired) electrons. The van der Waals surface area contributed by atoms with E-state index in [9.17, 15) is 13.2 Å². The maximum atomic E-state index is 14.8. The van der Waals surface area contributed by atoms with Crippen molar-refractivity contribution in [1.29, 1.82) is 0 Å². The molecule has 0 heterocycles. The highest BCUT2D eigenvalue weighted by Crippen LogP contribution is 2.28. The second-order valence-corrected chi connectivity index (χ2v) is 8.39. The van der Waals surface area contributed by atoms with E-state index in [4.69, 9.17) is 0 Å². The molecule has 0 bridgehead atoms. The number of halogens is 3. The van der Waals surface area contributed by atoms with Crippen molar-refractivity contribution >= 4 is 12.2 Å². The van der Waals surface area contributed by atoms with Crippen molar-refractivity contribution in [3.8, 4) is 22.3 Å². The summed E-state index contributed by atoms with van der Waals surface area (Å²) in [6.45, 7) is 4.03. The van der Waals surface area contributed by atoms with Gasteiger partial charge in [0.15, 0.2) is 11.6 Å². The minimum Gasteiger partial charge on any atom is -0.207 e. The normalized spacial score (nSPS) is 11.3. The molecule has 3 heteroatoms. The van der Waals surface area contributed by atoms with Gasteiger partial charge < -0.3 is 0 Å². The van der Waals surface area contributed by atoms with Crippen LogP contribution in [0.15, 0.2) is 78.9 Å². The molecule has 4 rings (SSSR count). The average Bonchev–Trinajstić information content (AvgIpc) is 2.86. The molecule has 0 saturated heterocycles. The minimum atomic E-state index is -0.866. The standard InChI is InChI=1S/C31H27F3/c1-3-5-21-8-13-25(14-9-21)28-19-18-26(30(33)31(28)34)15-10-22-6-11-24(12-7-22)27-17-16-23(4-2)29(32)20-27/h6-20H,3-5H2,1-2H3/b15-10+. The molecule has 0 unspecified atom stereocenters. The molecule has 0 aliphatic carbocycles. The zero-order valence-electron chi connectivity index (χ0n) is 19.4. The van der Waals surface area contributed by atoms with E-state index in [0.717, 1.165) is 29.5 Å². The molecule has 34 heavy (non-hydrogen) atoms. The van der Waals surface area contributed by atoms with Crippen molar-refractivity contribution in [1.82, 2.24) is 0 Å². The van der Waals surface area contributed by atoms with Crippen LogP contribution in [0.5, 0.6) is 0 Å². The van der Waals surface area contributed by atoms with E-state index < -0.39 is 11.6 Å². The van der Waals surface area contributed by atoms with Gasteiger partial charge in [-0.15, -0.1) is 0 Å². The van der Waals surface area contributed by atoms with Crippen LogP contribution in [0.4, 0.5) is 13.2 Å². The summed E-state index contributed by atoms with van der Waals surface area (Å²) in [6, 6.07) is 23.6. The van der Waals surface area contributed by atoms with Crippen molar-refractivity contribution in [2.75, 3.05) is 0 Å². The fourth-order valence-electron chi connectivity index (χ4n) is 4.04. The summed E-state index contributed by atoms with van der Waals surface area (Å²) in [5.41, 5.74) is 5.50. The summed E-state index contributed by atoms with van der Waals surface area (Å²) in [6.07, 6.45) is 5.96. The Morgan fingerprint density at radius 1 is 0.647 bits per heavy atom. The predicted molar refractivity (Wildman–Crippen MR) is 136 cm³/mol. The second kappa shape index (κ2) is 10.6. The molecule has 172 valence electrons. The topological polar surface area (TPSA) is 0 Å². The SMILES string of the molecule is CCCc1ccc(-c2ccc(/C=C/c3ccc(-c4ccc(CC)c(F)c4)cc3)c(F)c2F)cc1. The van der Waals surface area contributed by atoms with Crippen LogP contribution >= 0.6 is 0 Å². The van der Waals surface area contributed by atoms with Gasteiger partial charge in [0.1, 0.15) is 5.82 Å². The van der Waals surface area contributed by atoms with Gasteiger partial charge >= 0.3 is 0 Å². The monoisotopic (exact) mass is 456 g/mol. The van der Waals surface area contributed by atoms with Gasteiger partial charge in [-0.1, -0.05) is 105 Å². The quantitative estimate of drug-likeness (QED) is 0.243. The molecular weight excluding hydrogens is 429 g/mol. The van der Waals surface area contributed by atoms with Gasteiger partial charge in [0.25, 0.3) is 0 Å². The van der Waals surface area contributed by atoms with Crippen LogP contribution < -0.4 is 0 Å². The lowest BCUT2D eigenvalue weighted by atomic mass is 9.99. The molecule has 4 aromatic rings. The zero-order chi connectivity index (χ0) is 24.1. The molecule has 0 aliphatic rings. The molecule has 0 spiro atoms. The first-order valence-electron chi connectivity index (χ1n) is 11.6. The van der Waals surface area contributed by atoms with E-state index in [2.05, 4.69) is 6.92 Å². The van der Waals surface area contributed by atoms with Crippen LogP contribution in [0.25, 0.3) is 34.4 Å². The summed E-state index contributed by atoms with van der Waals surface area (Å²) in [7, 11) is 0. The molecule has 0 nitrogen and oxygen atoms in total. The van der Waals surface area contributed by atoms with Crippen LogP contribution in [0, 0.1) is 17.5 Å². The van der Waals surface area contributed by atoms with Crippen molar-refractivity contribution in [3.05, 3.63) is 119 Å². The number of aryl methyl sites for hydroxylation is 2. The Bertz CT molecular complexity index is 1300. The Labute approximate surface area is 199 Å². The fraction of sp³-hybridized carbons (Fsp3) is 0.161. The summed E-state index contributed by atoms with van der Waals surface area (Å²) in [5, 5.41) is 0. The summed E-state index contributed by atoms with van der Waals surface area (Å²) in [5.74, 6) is -1.92. The Morgan fingerprint density at radius 2 is 1.32 bits per heavy atom. The smallest absolute Gasteiger partial charge is 0.167 e. The van der Waals surface area contributed by atoms with Crippen molar-refractivity contribution in [3.63, 3.8) is 0 Å². The van der Waals surface area contributed by atoms with E-state index in [0.29, 0.717) is 17.5 Å². The Hall–Kier alpha value is -3.59. The van der Waals surface area contributed by atoms with Gasteiger partial charge in [0.2, 0.25) is 0 Å². The maximum absolute atomic E-state index is 14.8. The molecule has 0 saturated carbocycles. The number of rotatable bonds is 7.